The Kier molecular flexibility index (Phi) is 5.53. The second-order valence-electron chi connectivity index (χ2n) is 11.6. The van der Waals surface area contributed by atoms with E-state index in [1.54, 1.807) is 60.7 Å². The summed E-state index contributed by atoms with van der Waals surface area (Å²) in [6, 6.07) is 29.1. The largest absolute Gasteiger partial charge is 0.455 e. The molecular weight excluding hydrogens is 616 g/mol. The van der Waals surface area contributed by atoms with Crippen molar-refractivity contribution in [2.24, 2.45) is 0 Å². The first-order valence-corrected chi connectivity index (χ1v) is 14.7. The maximum absolute atomic E-state index is 14.7. The molecule has 0 radical (unpaired) electrons. The number of alkyl halides is 6. The summed E-state index contributed by atoms with van der Waals surface area (Å²) in [6.45, 7) is 0. The fourth-order valence-corrected chi connectivity index (χ4v) is 6.83. The number of hydrogen-bond acceptors (Lipinski definition) is 2. The lowest BCUT2D eigenvalue weighted by Crippen LogP contribution is -2.07. The number of hydrogen-bond donors (Lipinski definition) is 1. The first kappa shape index (κ1) is 27.6. The number of benzene rings is 6. The van der Waals surface area contributed by atoms with Crippen LogP contribution in [-0.2, 0) is 12.4 Å². The fourth-order valence-electron chi connectivity index (χ4n) is 6.83. The Morgan fingerprint density at radius 2 is 0.809 bits per heavy atom. The highest BCUT2D eigenvalue weighted by molar-refractivity contribution is 6.15. The first-order chi connectivity index (χ1) is 22.6. The molecular formula is C38H19F6NO2. The van der Waals surface area contributed by atoms with Crippen molar-refractivity contribution in [2.75, 3.05) is 0 Å². The molecule has 0 aliphatic carbocycles. The summed E-state index contributed by atoms with van der Waals surface area (Å²) in [7, 11) is 0. The molecule has 9 rings (SSSR count). The van der Waals surface area contributed by atoms with E-state index >= 15 is 0 Å². The van der Waals surface area contributed by atoms with Crippen molar-refractivity contribution in [2.45, 2.75) is 12.4 Å². The van der Waals surface area contributed by atoms with E-state index in [9.17, 15) is 26.3 Å². The van der Waals surface area contributed by atoms with Gasteiger partial charge in [0.15, 0.2) is 0 Å². The molecule has 0 aliphatic heterocycles. The molecule has 3 nitrogen and oxygen atoms in total. The number of halogens is 6. The van der Waals surface area contributed by atoms with E-state index in [4.69, 9.17) is 8.83 Å². The van der Waals surface area contributed by atoms with Crippen LogP contribution in [0.5, 0.6) is 0 Å². The molecule has 0 aliphatic rings. The zero-order valence-corrected chi connectivity index (χ0v) is 24.0. The van der Waals surface area contributed by atoms with E-state index in [2.05, 4.69) is 4.98 Å². The highest BCUT2D eigenvalue weighted by Gasteiger charge is 2.37. The van der Waals surface area contributed by atoms with E-state index in [1.165, 1.54) is 12.1 Å². The van der Waals surface area contributed by atoms with Crippen molar-refractivity contribution in [3.8, 4) is 22.3 Å². The average Bonchev–Trinajstić information content (AvgIpc) is 3.73. The molecule has 1 N–H and O–H groups in total. The lowest BCUT2D eigenvalue weighted by atomic mass is 9.93. The number of aromatic amines is 1. The Labute approximate surface area is 260 Å². The summed E-state index contributed by atoms with van der Waals surface area (Å²) >= 11 is 0. The molecule has 0 saturated heterocycles. The van der Waals surface area contributed by atoms with Gasteiger partial charge < -0.3 is 13.8 Å². The van der Waals surface area contributed by atoms with Crippen LogP contribution in [0.1, 0.15) is 11.1 Å². The summed E-state index contributed by atoms with van der Waals surface area (Å²) in [5.74, 6) is 0. The summed E-state index contributed by atoms with van der Waals surface area (Å²) in [5.41, 5.74) is 0.0306. The Bertz CT molecular complexity index is 2540. The van der Waals surface area contributed by atoms with Crippen LogP contribution in [0.3, 0.4) is 0 Å². The summed E-state index contributed by atoms with van der Waals surface area (Å²) < 4.78 is 100. The first-order valence-electron chi connectivity index (χ1n) is 14.7. The topological polar surface area (TPSA) is 42.1 Å². The minimum atomic E-state index is -4.77. The molecule has 0 amide bonds. The molecule has 0 unspecified atom stereocenters. The maximum atomic E-state index is 14.7. The van der Waals surface area contributed by atoms with Gasteiger partial charge >= 0.3 is 12.4 Å². The molecule has 0 fully saturated rings. The summed E-state index contributed by atoms with van der Waals surface area (Å²) in [5, 5.41) is 3.50. The molecule has 3 aromatic heterocycles. The standard InChI is InChI=1S/C38H19F6NO2/c39-37(40,41)29-17-31-27(15-25(29)23-11-5-9-21-19-7-1-3-13-33(19)46-35(21)23)28-16-26(30(38(42,43)44)18-32(28)45-31)24-12-6-10-22-20-8-2-4-14-34(20)47-36(22)24/h1-18,45H. The Morgan fingerprint density at radius 3 is 1.23 bits per heavy atom. The van der Waals surface area contributed by atoms with Crippen LogP contribution in [0.25, 0.3) is 87.9 Å². The maximum Gasteiger partial charge on any atom is 0.417 e. The number of rotatable bonds is 2. The number of aromatic nitrogens is 1. The third kappa shape index (κ3) is 4.08. The van der Waals surface area contributed by atoms with Gasteiger partial charge in [-0.1, -0.05) is 72.8 Å². The van der Waals surface area contributed by atoms with Gasteiger partial charge in [0.05, 0.1) is 11.1 Å². The lowest BCUT2D eigenvalue weighted by Gasteiger charge is -2.15. The van der Waals surface area contributed by atoms with Gasteiger partial charge in [-0.05, 0) is 47.5 Å². The predicted molar refractivity (Wildman–Crippen MR) is 171 cm³/mol. The van der Waals surface area contributed by atoms with Gasteiger partial charge in [-0.25, -0.2) is 0 Å². The minimum Gasteiger partial charge on any atom is -0.455 e. The fraction of sp³-hybridized carbons (Fsp3) is 0.0526. The van der Waals surface area contributed by atoms with Crippen molar-refractivity contribution in [1.82, 2.24) is 4.98 Å². The highest BCUT2D eigenvalue weighted by Crippen LogP contribution is 2.47. The van der Waals surface area contributed by atoms with Gasteiger partial charge in [-0.2, -0.15) is 26.3 Å². The van der Waals surface area contributed by atoms with Gasteiger partial charge in [0.25, 0.3) is 0 Å². The van der Waals surface area contributed by atoms with Crippen molar-refractivity contribution in [3.05, 3.63) is 120 Å². The zero-order valence-electron chi connectivity index (χ0n) is 24.0. The third-order valence-corrected chi connectivity index (χ3v) is 8.87. The zero-order chi connectivity index (χ0) is 32.2. The van der Waals surface area contributed by atoms with Crippen LogP contribution in [-0.4, -0.2) is 4.98 Å². The van der Waals surface area contributed by atoms with Crippen molar-refractivity contribution in [1.29, 1.82) is 0 Å². The normalized spacial score (nSPS) is 12.9. The molecule has 0 spiro atoms. The van der Waals surface area contributed by atoms with Crippen molar-refractivity contribution >= 4 is 65.7 Å². The lowest BCUT2D eigenvalue weighted by molar-refractivity contribution is -0.137. The van der Waals surface area contributed by atoms with Crippen LogP contribution in [0.15, 0.2) is 118 Å². The van der Waals surface area contributed by atoms with Crippen molar-refractivity contribution in [3.63, 3.8) is 0 Å². The number of para-hydroxylation sites is 4. The minimum absolute atomic E-state index is 0.0556. The van der Waals surface area contributed by atoms with Crippen LogP contribution in [0.4, 0.5) is 26.3 Å². The van der Waals surface area contributed by atoms with Gasteiger partial charge in [-0.3, -0.25) is 0 Å². The highest BCUT2D eigenvalue weighted by atomic mass is 19.4. The quantitative estimate of drug-likeness (QED) is 0.192. The van der Waals surface area contributed by atoms with E-state index in [0.717, 1.165) is 22.9 Å². The third-order valence-electron chi connectivity index (χ3n) is 8.87. The Balaban J connectivity index is 1.36. The monoisotopic (exact) mass is 635 g/mol. The van der Waals surface area contributed by atoms with Gasteiger partial charge in [0.2, 0.25) is 0 Å². The van der Waals surface area contributed by atoms with Crippen molar-refractivity contribution < 1.29 is 35.2 Å². The van der Waals surface area contributed by atoms with Crippen LogP contribution < -0.4 is 0 Å². The molecule has 9 heteroatoms. The number of nitrogens with one attached hydrogen (secondary N) is 1. The molecule has 0 saturated carbocycles. The number of fused-ring (bicyclic) bond motifs is 9. The molecule has 47 heavy (non-hydrogen) atoms. The SMILES string of the molecule is FC(F)(F)c1cc2[nH]c3cc(C(F)(F)F)c(-c4cccc5c4oc4ccccc45)cc3c2cc1-c1cccc2c1oc1ccccc12. The smallest absolute Gasteiger partial charge is 0.417 e. The van der Waals surface area contributed by atoms with Crippen LogP contribution in [0.2, 0.25) is 0 Å². The van der Waals surface area contributed by atoms with E-state index < -0.39 is 23.5 Å². The molecule has 9 aromatic rings. The number of furan rings is 2. The second-order valence-corrected chi connectivity index (χ2v) is 11.6. The average molecular weight is 636 g/mol. The molecule has 3 heterocycles. The molecule has 0 atom stereocenters. The van der Waals surface area contributed by atoms with Gasteiger partial charge in [-0.15, -0.1) is 0 Å². The summed E-state index contributed by atoms with van der Waals surface area (Å²) in [6.07, 6.45) is -9.54. The predicted octanol–water partition coefficient (Wildman–Crippen LogP) is 12.5. The molecule has 6 aromatic carbocycles. The Morgan fingerprint density at radius 1 is 0.404 bits per heavy atom. The van der Waals surface area contributed by atoms with E-state index in [0.29, 0.717) is 32.7 Å². The Hall–Kier alpha value is -5.70. The molecule has 0 bridgehead atoms. The molecule has 230 valence electrons. The second kappa shape index (κ2) is 9.42. The van der Waals surface area contributed by atoms with Gasteiger partial charge in [0, 0.05) is 54.5 Å². The van der Waals surface area contributed by atoms with Crippen LogP contribution in [0, 0.1) is 0 Å². The van der Waals surface area contributed by atoms with Gasteiger partial charge in [0.1, 0.15) is 22.3 Å². The van der Waals surface area contributed by atoms with E-state index in [1.807, 2.05) is 24.3 Å². The van der Waals surface area contributed by atoms with Crippen LogP contribution >= 0.6 is 0 Å². The van der Waals surface area contributed by atoms with E-state index in [-0.39, 0.29) is 44.5 Å². The number of H-pyrrole nitrogens is 1. The summed E-state index contributed by atoms with van der Waals surface area (Å²) in [4.78, 5) is 2.83.